The molecule has 0 radical (unpaired) electrons. The molecule has 0 aromatic rings. The lowest BCUT2D eigenvalue weighted by atomic mass is 10.0. The van der Waals surface area contributed by atoms with Gasteiger partial charge in [0.05, 0.1) is 12.5 Å². The van der Waals surface area contributed by atoms with E-state index in [0.29, 0.717) is 0 Å². The Morgan fingerprint density at radius 1 is 1.77 bits per heavy atom. The zero-order valence-electron chi connectivity index (χ0n) is 7.26. The highest BCUT2D eigenvalue weighted by Crippen LogP contribution is 2.22. The molecule has 0 rings (SSSR count). The second-order valence-electron chi connectivity index (χ2n) is 2.79. The summed E-state index contributed by atoms with van der Waals surface area (Å²) in [7, 11) is 0. The maximum absolute atomic E-state index is 12.8. The van der Waals surface area contributed by atoms with Crippen LogP contribution in [0, 0.1) is 5.92 Å². The van der Waals surface area contributed by atoms with Gasteiger partial charge in [0, 0.05) is 13.1 Å². The van der Waals surface area contributed by atoms with Crippen molar-refractivity contribution in [3.63, 3.8) is 0 Å². The lowest BCUT2D eigenvalue weighted by Crippen LogP contribution is -2.33. The molecule has 0 aliphatic heterocycles. The first-order chi connectivity index (χ1) is 5.89. The van der Waals surface area contributed by atoms with Gasteiger partial charge < -0.3 is 10.5 Å². The van der Waals surface area contributed by atoms with Crippen molar-refractivity contribution in [1.29, 1.82) is 0 Å². The van der Waals surface area contributed by atoms with Gasteiger partial charge in [-0.2, -0.15) is 5.10 Å². The molecule has 0 aliphatic carbocycles. The summed E-state index contributed by atoms with van der Waals surface area (Å²) in [5.41, 5.74) is 2.00. The first-order valence-electron chi connectivity index (χ1n) is 3.68. The molecule has 0 aromatic heterocycles. The molecule has 0 aliphatic rings. The highest BCUT2D eigenvalue weighted by Gasteiger charge is 2.33. The maximum Gasteiger partial charge on any atom is 0.306 e. The summed E-state index contributed by atoms with van der Waals surface area (Å²) >= 11 is 0. The summed E-state index contributed by atoms with van der Waals surface area (Å²) in [5.74, 6) is -5.37. The van der Waals surface area contributed by atoms with Crippen LogP contribution in [0.4, 0.5) is 8.78 Å². The zero-order chi connectivity index (χ0) is 10.5. The average molecular weight is 194 g/mol. The Morgan fingerprint density at radius 2 is 2.31 bits per heavy atom. The van der Waals surface area contributed by atoms with Gasteiger partial charge in [-0.25, -0.2) is 8.78 Å². The molecule has 1 atom stereocenters. The molecule has 0 bridgehead atoms. The van der Waals surface area contributed by atoms with Crippen molar-refractivity contribution in [2.24, 2.45) is 11.0 Å². The Labute approximate surface area is 74.6 Å². The smallest absolute Gasteiger partial charge is 0.306 e. The van der Waals surface area contributed by atoms with E-state index in [-0.39, 0.29) is 0 Å². The van der Waals surface area contributed by atoms with Gasteiger partial charge in [0.15, 0.2) is 0 Å². The normalized spacial score (nSPS) is 13.5. The fraction of sp³-hybridized carbons (Fsp3) is 0.714. The molecule has 2 N–H and O–H groups in total. The van der Waals surface area contributed by atoms with E-state index in [1.807, 2.05) is 5.43 Å². The zero-order valence-corrected chi connectivity index (χ0v) is 7.26. The van der Waals surface area contributed by atoms with Crippen molar-refractivity contribution >= 4 is 12.7 Å². The molecule has 4 nitrogen and oxygen atoms in total. The van der Waals surface area contributed by atoms with Gasteiger partial charge in [-0.05, 0) is 0 Å². The number of carbonyl (C=O) groups is 1. The first kappa shape index (κ1) is 11.8. The van der Waals surface area contributed by atoms with Crippen LogP contribution in [0.3, 0.4) is 0 Å². The number of nitrogens with zero attached hydrogens (tertiary/aromatic N) is 1. The Kier molecular flexibility index (Phi) is 4.30. The molecule has 0 amide bonds. The van der Waals surface area contributed by atoms with Crippen molar-refractivity contribution in [3.05, 3.63) is 0 Å². The third kappa shape index (κ3) is 5.10. The van der Waals surface area contributed by atoms with Crippen LogP contribution in [0.1, 0.15) is 13.3 Å². The van der Waals surface area contributed by atoms with Gasteiger partial charge in [-0.1, -0.05) is 6.92 Å². The number of aliphatic carboxylic acids is 1. The van der Waals surface area contributed by atoms with E-state index in [4.69, 9.17) is 5.11 Å². The number of carboxylic acids is 1. The van der Waals surface area contributed by atoms with E-state index in [2.05, 4.69) is 11.8 Å². The summed E-state index contributed by atoms with van der Waals surface area (Å²) in [6, 6.07) is 0. The fourth-order valence-electron chi connectivity index (χ4n) is 0.779. The maximum atomic E-state index is 12.8. The van der Waals surface area contributed by atoms with Crippen LogP contribution in [0.25, 0.3) is 0 Å². The Morgan fingerprint density at radius 3 is 2.69 bits per heavy atom. The van der Waals surface area contributed by atoms with Crippen molar-refractivity contribution in [3.8, 4) is 0 Å². The molecular weight excluding hydrogens is 182 g/mol. The Hall–Kier alpha value is -1.20. The molecular formula is C7H12F2N2O2. The van der Waals surface area contributed by atoms with E-state index in [1.54, 1.807) is 0 Å². The number of carboxylic acid groups (broad SMARTS) is 1. The molecule has 6 heteroatoms. The predicted molar refractivity (Wildman–Crippen MR) is 43.9 cm³/mol. The second kappa shape index (κ2) is 4.74. The standard InChI is InChI=1S/C7H12F2N2O2/c1-5(6(12)13)3-7(8,9)4-11-10-2/h5,11H,2-4H2,1H3,(H,12,13)/t5-/m0/s1. The minimum atomic E-state index is -3.07. The quantitative estimate of drug-likeness (QED) is 0.488. The molecule has 13 heavy (non-hydrogen) atoms. The largest absolute Gasteiger partial charge is 0.481 e. The van der Waals surface area contributed by atoms with Crippen LogP contribution in [-0.4, -0.2) is 30.3 Å². The number of hydrazone groups is 1. The summed E-state index contributed by atoms with van der Waals surface area (Å²) in [5, 5.41) is 11.4. The van der Waals surface area contributed by atoms with Crippen molar-refractivity contribution < 1.29 is 18.7 Å². The van der Waals surface area contributed by atoms with E-state index < -0.39 is 30.8 Å². The van der Waals surface area contributed by atoms with Crippen LogP contribution in [0.5, 0.6) is 0 Å². The van der Waals surface area contributed by atoms with E-state index in [0.717, 1.165) is 0 Å². The van der Waals surface area contributed by atoms with Crippen molar-refractivity contribution in [2.45, 2.75) is 19.3 Å². The average Bonchev–Trinajstić information content (AvgIpc) is 2.00. The lowest BCUT2D eigenvalue weighted by molar-refractivity contribution is -0.144. The fourth-order valence-corrected chi connectivity index (χ4v) is 0.779. The first-order valence-corrected chi connectivity index (χ1v) is 3.68. The molecule has 0 saturated carbocycles. The van der Waals surface area contributed by atoms with Gasteiger partial charge in [0.25, 0.3) is 5.92 Å². The van der Waals surface area contributed by atoms with Crippen LogP contribution in [-0.2, 0) is 4.79 Å². The van der Waals surface area contributed by atoms with Gasteiger partial charge in [-0.15, -0.1) is 0 Å². The number of rotatable bonds is 6. The minimum Gasteiger partial charge on any atom is -0.481 e. The lowest BCUT2D eigenvalue weighted by Gasteiger charge is -2.17. The second-order valence-corrected chi connectivity index (χ2v) is 2.79. The summed E-state index contributed by atoms with van der Waals surface area (Å²) in [6.07, 6.45) is -0.704. The van der Waals surface area contributed by atoms with Gasteiger partial charge >= 0.3 is 5.97 Å². The van der Waals surface area contributed by atoms with E-state index in [1.165, 1.54) is 6.92 Å². The molecule has 76 valence electrons. The topological polar surface area (TPSA) is 61.7 Å². The van der Waals surface area contributed by atoms with Gasteiger partial charge in [-0.3, -0.25) is 4.79 Å². The summed E-state index contributed by atoms with van der Waals surface area (Å²) in [4.78, 5) is 10.3. The monoisotopic (exact) mass is 194 g/mol. The summed E-state index contributed by atoms with van der Waals surface area (Å²) < 4.78 is 25.6. The van der Waals surface area contributed by atoms with Crippen LogP contribution < -0.4 is 5.43 Å². The Bertz CT molecular complexity index is 197. The molecule has 0 aromatic carbocycles. The van der Waals surface area contributed by atoms with E-state index in [9.17, 15) is 13.6 Å². The minimum absolute atomic E-state index is 0.686. The number of alkyl halides is 2. The molecule has 0 spiro atoms. The van der Waals surface area contributed by atoms with Crippen molar-refractivity contribution in [1.82, 2.24) is 5.43 Å². The number of hydrogen-bond acceptors (Lipinski definition) is 3. The van der Waals surface area contributed by atoms with Crippen LogP contribution >= 0.6 is 0 Å². The van der Waals surface area contributed by atoms with Gasteiger partial charge in [0.2, 0.25) is 0 Å². The highest BCUT2D eigenvalue weighted by molar-refractivity contribution is 5.69. The van der Waals surface area contributed by atoms with E-state index >= 15 is 0 Å². The summed E-state index contributed by atoms with van der Waals surface area (Å²) in [6.45, 7) is 3.51. The van der Waals surface area contributed by atoms with Crippen molar-refractivity contribution in [2.75, 3.05) is 6.54 Å². The number of hydrogen-bond donors (Lipinski definition) is 2. The van der Waals surface area contributed by atoms with Crippen LogP contribution in [0.15, 0.2) is 5.10 Å². The Balaban J connectivity index is 3.99. The molecule has 0 unspecified atom stereocenters. The highest BCUT2D eigenvalue weighted by atomic mass is 19.3. The van der Waals surface area contributed by atoms with Gasteiger partial charge in [0.1, 0.15) is 0 Å². The molecule has 0 saturated heterocycles. The number of nitrogens with one attached hydrogen (secondary N) is 1. The third-order valence-corrected chi connectivity index (χ3v) is 1.48. The molecule has 0 fully saturated rings. The predicted octanol–water partition coefficient (Wildman–Crippen LogP) is 0.938. The third-order valence-electron chi connectivity index (χ3n) is 1.48. The number of halogens is 2. The molecule has 0 heterocycles. The SMILES string of the molecule is C=NNCC(F)(F)C[C@H](C)C(=O)O. The van der Waals surface area contributed by atoms with Crippen LogP contribution in [0.2, 0.25) is 0 Å².